The van der Waals surface area contributed by atoms with Crippen LogP contribution in [0.2, 0.25) is 0 Å². The van der Waals surface area contributed by atoms with Gasteiger partial charge in [0, 0.05) is 23.7 Å². The number of para-hydroxylation sites is 2. The Balaban J connectivity index is 1.44. The van der Waals surface area contributed by atoms with Crippen molar-refractivity contribution in [2.24, 2.45) is 4.99 Å². The number of ether oxygens (including phenoxy) is 1. The molecule has 3 aromatic rings. The zero-order valence-electron chi connectivity index (χ0n) is 22.1. The first-order valence-electron chi connectivity index (χ1n) is 12.8. The minimum atomic E-state index is -0.437. The van der Waals surface area contributed by atoms with Gasteiger partial charge in [-0.25, -0.2) is 9.79 Å². The third-order valence-electron chi connectivity index (χ3n) is 6.57. The van der Waals surface area contributed by atoms with Gasteiger partial charge in [0.05, 0.1) is 41.7 Å². The highest BCUT2D eigenvalue weighted by molar-refractivity contribution is 8.13. The summed E-state index contributed by atoms with van der Waals surface area (Å²) in [6, 6.07) is 22.7. The number of hydrogen-bond acceptors (Lipinski definition) is 7. The number of carbonyl (C=O) groups is 2. The lowest BCUT2D eigenvalue weighted by molar-refractivity contribution is -0.113. The summed E-state index contributed by atoms with van der Waals surface area (Å²) < 4.78 is 5.43. The van der Waals surface area contributed by atoms with Gasteiger partial charge < -0.3 is 25.6 Å². The molecular weight excluding hydrogens is 524 g/mol. The highest BCUT2D eigenvalue weighted by atomic mass is 32.2. The monoisotopic (exact) mass is 552 g/mol. The summed E-state index contributed by atoms with van der Waals surface area (Å²) in [6.07, 6.45) is 0.961. The van der Waals surface area contributed by atoms with Gasteiger partial charge in [-0.2, -0.15) is 5.26 Å². The van der Waals surface area contributed by atoms with Gasteiger partial charge in [-0.1, -0.05) is 42.1 Å². The third-order valence-corrected chi connectivity index (χ3v) is 7.64. The molecule has 0 bridgehead atoms. The number of aliphatic imine (C=N–C) groups is 1. The van der Waals surface area contributed by atoms with Gasteiger partial charge in [-0.3, -0.25) is 4.79 Å². The normalized spacial score (nSPS) is 16.3. The number of thioether (sulfide) groups is 1. The van der Waals surface area contributed by atoms with E-state index in [4.69, 9.17) is 15.0 Å². The van der Waals surface area contributed by atoms with Crippen molar-refractivity contribution in [2.45, 2.75) is 19.4 Å². The summed E-state index contributed by atoms with van der Waals surface area (Å²) in [5, 5.41) is 18.7. The van der Waals surface area contributed by atoms with Crippen LogP contribution >= 0.6 is 11.8 Å². The van der Waals surface area contributed by atoms with Gasteiger partial charge in [-0.15, -0.1) is 0 Å². The second-order valence-corrected chi connectivity index (χ2v) is 10.3. The lowest BCUT2D eigenvalue weighted by Crippen LogP contribution is -2.43. The van der Waals surface area contributed by atoms with Crippen LogP contribution in [0.4, 0.5) is 21.9 Å². The largest absolute Gasteiger partial charge is 0.495 e. The average Bonchev–Trinajstić information content (AvgIpc) is 2.96. The highest BCUT2D eigenvalue weighted by Gasteiger charge is 2.37. The number of amides is 3. The second-order valence-electron chi connectivity index (χ2n) is 9.24. The van der Waals surface area contributed by atoms with E-state index in [1.807, 2.05) is 37.3 Å². The number of methoxy groups -OCH3 is 1. The van der Waals surface area contributed by atoms with E-state index in [1.165, 1.54) is 0 Å². The molecule has 0 spiro atoms. The maximum atomic E-state index is 13.8. The van der Waals surface area contributed by atoms with Crippen LogP contribution in [0.25, 0.3) is 0 Å². The Morgan fingerprint density at radius 3 is 2.55 bits per heavy atom. The predicted octanol–water partition coefficient (Wildman–Crippen LogP) is 5.97. The molecule has 9 nitrogen and oxygen atoms in total. The minimum Gasteiger partial charge on any atom is -0.495 e. The molecule has 1 atom stereocenters. The van der Waals surface area contributed by atoms with Crippen molar-refractivity contribution in [3.8, 4) is 11.8 Å². The topological polar surface area (TPSA) is 119 Å². The maximum Gasteiger partial charge on any atom is 0.323 e. The predicted molar refractivity (Wildman–Crippen MR) is 159 cm³/mol. The van der Waals surface area contributed by atoms with E-state index in [2.05, 4.69) is 26.9 Å². The van der Waals surface area contributed by atoms with Crippen LogP contribution in [0, 0.1) is 11.3 Å². The smallest absolute Gasteiger partial charge is 0.323 e. The van der Waals surface area contributed by atoms with E-state index < -0.39 is 12.1 Å². The van der Waals surface area contributed by atoms with Gasteiger partial charge in [0.1, 0.15) is 5.75 Å². The van der Waals surface area contributed by atoms with Crippen LogP contribution in [0.3, 0.4) is 0 Å². The number of urea groups is 1. The van der Waals surface area contributed by atoms with E-state index in [9.17, 15) is 9.59 Å². The molecule has 0 saturated carbocycles. The first-order chi connectivity index (χ1) is 19.5. The summed E-state index contributed by atoms with van der Waals surface area (Å²) in [4.78, 5) is 33.5. The molecule has 2 heterocycles. The molecule has 40 heavy (non-hydrogen) atoms. The van der Waals surface area contributed by atoms with Crippen molar-refractivity contribution in [1.29, 1.82) is 5.26 Å². The zero-order valence-corrected chi connectivity index (χ0v) is 22.9. The fourth-order valence-corrected chi connectivity index (χ4v) is 5.81. The van der Waals surface area contributed by atoms with E-state index in [-0.39, 0.29) is 5.91 Å². The number of nitrogens with one attached hydrogen (secondary N) is 3. The molecule has 202 valence electrons. The fourth-order valence-electron chi connectivity index (χ4n) is 4.79. The Hall–Kier alpha value is -4.75. The SMILES string of the molecule is COc1ccccc1NC(=O)C1=C(C)N=C2SCCCN2C1c1cccc(NC(=O)Nc2cccc(C#N)c2)c1. The lowest BCUT2D eigenvalue weighted by atomic mass is 9.93. The molecule has 0 aromatic heterocycles. The van der Waals surface area contributed by atoms with Gasteiger partial charge in [0.25, 0.3) is 5.91 Å². The number of hydrogen-bond donors (Lipinski definition) is 3. The third kappa shape index (κ3) is 5.80. The van der Waals surface area contributed by atoms with Gasteiger partial charge in [0.2, 0.25) is 0 Å². The van der Waals surface area contributed by atoms with Gasteiger partial charge in [0.15, 0.2) is 5.17 Å². The molecule has 3 amide bonds. The molecule has 1 unspecified atom stereocenters. The number of nitriles is 1. The summed E-state index contributed by atoms with van der Waals surface area (Å²) in [5.74, 6) is 1.27. The number of anilines is 3. The Bertz CT molecular complexity index is 1560. The molecule has 1 fully saturated rings. The molecule has 3 aromatic carbocycles. The Labute approximate surface area is 236 Å². The summed E-state index contributed by atoms with van der Waals surface area (Å²) in [6.45, 7) is 2.61. The van der Waals surface area contributed by atoms with E-state index in [0.29, 0.717) is 39.6 Å². The van der Waals surface area contributed by atoms with Crippen molar-refractivity contribution in [1.82, 2.24) is 4.90 Å². The van der Waals surface area contributed by atoms with E-state index in [1.54, 1.807) is 61.3 Å². The fraction of sp³-hybridized carbons (Fsp3) is 0.200. The van der Waals surface area contributed by atoms with Crippen molar-refractivity contribution in [3.05, 3.63) is 95.2 Å². The number of fused-ring (bicyclic) bond motifs is 1. The molecule has 1 saturated heterocycles. The molecule has 2 aliphatic rings. The van der Waals surface area contributed by atoms with Crippen LogP contribution in [0.5, 0.6) is 5.75 Å². The first kappa shape index (κ1) is 26.8. The number of rotatable bonds is 6. The number of nitrogens with zero attached hydrogens (tertiary/aromatic N) is 3. The van der Waals surface area contributed by atoms with Gasteiger partial charge in [-0.05, 0) is 61.4 Å². The average molecular weight is 553 g/mol. The Morgan fingerprint density at radius 2 is 1.77 bits per heavy atom. The lowest BCUT2D eigenvalue weighted by Gasteiger charge is -2.41. The van der Waals surface area contributed by atoms with Gasteiger partial charge >= 0.3 is 6.03 Å². The summed E-state index contributed by atoms with van der Waals surface area (Å²) in [7, 11) is 1.56. The molecule has 10 heteroatoms. The molecule has 0 aliphatic carbocycles. The molecule has 3 N–H and O–H groups in total. The summed E-state index contributed by atoms with van der Waals surface area (Å²) >= 11 is 1.68. The van der Waals surface area contributed by atoms with Crippen LogP contribution in [-0.2, 0) is 4.79 Å². The number of benzene rings is 3. The van der Waals surface area contributed by atoms with Crippen molar-refractivity contribution < 1.29 is 14.3 Å². The molecule has 0 radical (unpaired) electrons. The quantitative estimate of drug-likeness (QED) is 0.347. The van der Waals surface area contributed by atoms with E-state index in [0.717, 1.165) is 29.4 Å². The number of allylic oxidation sites excluding steroid dienone is 1. The van der Waals surface area contributed by atoms with Crippen LogP contribution in [0.15, 0.2) is 89.1 Å². The standard InChI is InChI=1S/C30H28N6O3S/c1-19-26(28(37)35-24-12-3-4-13-25(24)39-2)27(36-14-7-15-40-30(36)32-19)21-9-6-11-23(17-21)34-29(38)33-22-10-5-8-20(16-22)18-31/h3-6,8-13,16-17,27H,7,14-15H2,1-2H3,(H,35,37)(H2,33,34,38). The first-order valence-corrected chi connectivity index (χ1v) is 13.8. The maximum absolute atomic E-state index is 13.8. The van der Waals surface area contributed by atoms with Crippen LogP contribution in [-0.4, -0.2) is 41.4 Å². The van der Waals surface area contributed by atoms with E-state index >= 15 is 0 Å². The number of amidine groups is 1. The number of carbonyl (C=O) groups excluding carboxylic acids is 2. The van der Waals surface area contributed by atoms with Crippen LogP contribution < -0.4 is 20.7 Å². The highest BCUT2D eigenvalue weighted by Crippen LogP contribution is 2.40. The minimum absolute atomic E-state index is 0.265. The van der Waals surface area contributed by atoms with Crippen LogP contribution in [0.1, 0.15) is 30.5 Å². The second kappa shape index (κ2) is 12.0. The zero-order chi connectivity index (χ0) is 28.1. The molecule has 5 rings (SSSR count). The summed E-state index contributed by atoms with van der Waals surface area (Å²) in [5.41, 5.74) is 4.14. The Morgan fingerprint density at radius 1 is 1.02 bits per heavy atom. The van der Waals surface area contributed by atoms with Crippen molar-refractivity contribution in [3.63, 3.8) is 0 Å². The molecular formula is C30H28N6O3S. The van der Waals surface area contributed by atoms with Crippen molar-refractivity contribution in [2.75, 3.05) is 35.4 Å². The molecule has 2 aliphatic heterocycles. The Kier molecular flexibility index (Phi) is 8.03. The van der Waals surface area contributed by atoms with Crippen molar-refractivity contribution >= 4 is 45.9 Å².